The molecule has 2 aliphatic carbocycles. The highest BCUT2D eigenvalue weighted by molar-refractivity contribution is 5.74. The number of carboxylic acid groups (broad SMARTS) is 1. The standard InChI is InChI=1S/C13H23NO2/c1-8-4-3-5-9(2)11(8)14-12(13(15)16)10-6-7-10/h8-12,14H,3-7H2,1-2H3,(H,15,16). The number of aliphatic carboxylic acids is 1. The molecule has 2 saturated carbocycles. The molecule has 3 unspecified atom stereocenters. The molecular weight excluding hydrogens is 202 g/mol. The summed E-state index contributed by atoms with van der Waals surface area (Å²) in [5.41, 5.74) is 0. The van der Waals surface area contributed by atoms with Crippen molar-refractivity contribution in [3.8, 4) is 0 Å². The summed E-state index contributed by atoms with van der Waals surface area (Å²) in [4.78, 5) is 11.2. The lowest BCUT2D eigenvalue weighted by Crippen LogP contribution is -2.51. The van der Waals surface area contributed by atoms with Gasteiger partial charge in [-0.25, -0.2) is 0 Å². The molecule has 3 atom stereocenters. The predicted molar refractivity (Wildman–Crippen MR) is 63.3 cm³/mol. The van der Waals surface area contributed by atoms with Crippen LogP contribution in [0.3, 0.4) is 0 Å². The fourth-order valence-corrected chi connectivity index (χ4v) is 3.06. The van der Waals surface area contributed by atoms with Crippen molar-refractivity contribution < 1.29 is 9.90 Å². The van der Waals surface area contributed by atoms with E-state index in [0.717, 1.165) is 12.8 Å². The van der Waals surface area contributed by atoms with Crippen LogP contribution in [-0.2, 0) is 4.79 Å². The Hall–Kier alpha value is -0.570. The Bertz CT molecular complexity index is 253. The van der Waals surface area contributed by atoms with Crippen LogP contribution >= 0.6 is 0 Å². The molecular formula is C13H23NO2. The number of hydrogen-bond acceptors (Lipinski definition) is 2. The van der Waals surface area contributed by atoms with E-state index in [-0.39, 0.29) is 6.04 Å². The van der Waals surface area contributed by atoms with Crippen molar-refractivity contribution in [2.75, 3.05) is 0 Å². The van der Waals surface area contributed by atoms with Crippen molar-refractivity contribution in [2.45, 2.75) is 58.0 Å². The van der Waals surface area contributed by atoms with Gasteiger partial charge in [0.2, 0.25) is 0 Å². The van der Waals surface area contributed by atoms with Crippen LogP contribution in [0.2, 0.25) is 0 Å². The molecule has 16 heavy (non-hydrogen) atoms. The molecule has 92 valence electrons. The maximum Gasteiger partial charge on any atom is 0.320 e. The molecule has 0 aromatic heterocycles. The molecule has 0 heterocycles. The van der Waals surface area contributed by atoms with Gasteiger partial charge in [-0.1, -0.05) is 20.3 Å². The Kier molecular flexibility index (Phi) is 3.53. The van der Waals surface area contributed by atoms with Crippen molar-refractivity contribution in [1.29, 1.82) is 0 Å². The van der Waals surface area contributed by atoms with Crippen LogP contribution in [0.25, 0.3) is 0 Å². The lowest BCUT2D eigenvalue weighted by Gasteiger charge is -2.37. The highest BCUT2D eigenvalue weighted by atomic mass is 16.4. The topological polar surface area (TPSA) is 49.3 Å². The second kappa shape index (κ2) is 4.74. The van der Waals surface area contributed by atoms with Gasteiger partial charge < -0.3 is 10.4 Å². The number of carboxylic acids is 1. The molecule has 0 bridgehead atoms. The van der Waals surface area contributed by atoms with Gasteiger partial charge in [0, 0.05) is 6.04 Å². The normalized spacial score (nSPS) is 37.0. The van der Waals surface area contributed by atoms with Crippen LogP contribution in [-0.4, -0.2) is 23.2 Å². The zero-order valence-electron chi connectivity index (χ0n) is 10.3. The van der Waals surface area contributed by atoms with E-state index < -0.39 is 5.97 Å². The Morgan fingerprint density at radius 2 is 1.75 bits per heavy atom. The first-order valence-electron chi connectivity index (χ1n) is 6.58. The molecule has 3 nitrogen and oxygen atoms in total. The molecule has 0 saturated heterocycles. The second-order valence-electron chi connectivity index (χ2n) is 5.73. The lowest BCUT2D eigenvalue weighted by atomic mass is 9.78. The van der Waals surface area contributed by atoms with Gasteiger partial charge in [-0.3, -0.25) is 4.79 Å². The van der Waals surface area contributed by atoms with E-state index in [9.17, 15) is 9.90 Å². The highest BCUT2D eigenvalue weighted by Gasteiger charge is 2.39. The van der Waals surface area contributed by atoms with Gasteiger partial charge in [0.15, 0.2) is 0 Å². The van der Waals surface area contributed by atoms with Crippen LogP contribution in [0.5, 0.6) is 0 Å². The third-order valence-corrected chi connectivity index (χ3v) is 4.28. The minimum Gasteiger partial charge on any atom is -0.480 e. The number of nitrogens with one attached hydrogen (secondary N) is 1. The van der Waals surface area contributed by atoms with Gasteiger partial charge in [0.1, 0.15) is 6.04 Å². The van der Waals surface area contributed by atoms with Crippen LogP contribution in [0.1, 0.15) is 46.0 Å². The minimum atomic E-state index is -0.660. The first-order valence-corrected chi connectivity index (χ1v) is 6.58. The summed E-state index contributed by atoms with van der Waals surface area (Å²) in [6, 6.07) is 0.100. The molecule has 2 fully saturated rings. The molecule has 0 spiro atoms. The van der Waals surface area contributed by atoms with Gasteiger partial charge in [0.25, 0.3) is 0 Å². The fourth-order valence-electron chi connectivity index (χ4n) is 3.06. The average Bonchev–Trinajstić information content (AvgIpc) is 3.00. The quantitative estimate of drug-likeness (QED) is 0.771. The first-order chi connectivity index (χ1) is 7.59. The maximum atomic E-state index is 11.2. The van der Waals surface area contributed by atoms with Crippen LogP contribution < -0.4 is 5.32 Å². The van der Waals surface area contributed by atoms with Gasteiger partial charge in [0.05, 0.1) is 0 Å². The summed E-state index contributed by atoms with van der Waals surface area (Å²) >= 11 is 0. The minimum absolute atomic E-state index is 0.298. The Balaban J connectivity index is 1.97. The van der Waals surface area contributed by atoms with Crippen molar-refractivity contribution >= 4 is 5.97 Å². The van der Waals surface area contributed by atoms with Crippen molar-refractivity contribution in [3.63, 3.8) is 0 Å². The molecule has 0 radical (unpaired) electrons. The molecule has 0 amide bonds. The van der Waals surface area contributed by atoms with Gasteiger partial charge in [-0.2, -0.15) is 0 Å². The largest absolute Gasteiger partial charge is 0.480 e. The van der Waals surface area contributed by atoms with E-state index in [1.165, 1.54) is 19.3 Å². The van der Waals surface area contributed by atoms with Crippen molar-refractivity contribution in [3.05, 3.63) is 0 Å². The monoisotopic (exact) mass is 225 g/mol. The number of rotatable bonds is 4. The van der Waals surface area contributed by atoms with E-state index in [2.05, 4.69) is 19.2 Å². The zero-order valence-corrected chi connectivity index (χ0v) is 10.3. The first kappa shape index (κ1) is 11.9. The van der Waals surface area contributed by atoms with Gasteiger partial charge >= 0.3 is 5.97 Å². The van der Waals surface area contributed by atoms with E-state index in [0.29, 0.717) is 23.8 Å². The summed E-state index contributed by atoms with van der Waals surface area (Å²) in [6.07, 6.45) is 5.93. The van der Waals surface area contributed by atoms with E-state index in [1.54, 1.807) is 0 Å². The van der Waals surface area contributed by atoms with E-state index in [1.807, 2.05) is 0 Å². The third kappa shape index (κ3) is 2.57. The smallest absolute Gasteiger partial charge is 0.320 e. The SMILES string of the molecule is CC1CCCC(C)C1NC(C(=O)O)C1CC1. The van der Waals surface area contributed by atoms with Crippen LogP contribution in [0.15, 0.2) is 0 Å². The molecule has 2 rings (SSSR count). The Labute approximate surface area is 97.6 Å². The van der Waals surface area contributed by atoms with Gasteiger partial charge in [-0.05, 0) is 43.4 Å². The predicted octanol–water partition coefficient (Wildman–Crippen LogP) is 2.26. The van der Waals surface area contributed by atoms with E-state index >= 15 is 0 Å². The van der Waals surface area contributed by atoms with Crippen molar-refractivity contribution in [1.82, 2.24) is 5.32 Å². The number of hydrogen-bond donors (Lipinski definition) is 2. The zero-order chi connectivity index (χ0) is 11.7. The average molecular weight is 225 g/mol. The lowest BCUT2D eigenvalue weighted by molar-refractivity contribution is -0.140. The summed E-state index contributed by atoms with van der Waals surface area (Å²) in [5, 5.41) is 12.6. The molecule has 2 aliphatic rings. The third-order valence-electron chi connectivity index (χ3n) is 4.28. The molecule has 2 N–H and O–H groups in total. The Morgan fingerprint density at radius 1 is 1.19 bits per heavy atom. The molecule has 0 aromatic carbocycles. The van der Waals surface area contributed by atoms with E-state index in [4.69, 9.17) is 0 Å². The second-order valence-corrected chi connectivity index (χ2v) is 5.73. The molecule has 0 aromatic rings. The summed E-state index contributed by atoms with van der Waals surface area (Å²) < 4.78 is 0. The summed E-state index contributed by atoms with van der Waals surface area (Å²) in [7, 11) is 0. The number of carbonyl (C=O) groups is 1. The Morgan fingerprint density at radius 3 is 2.19 bits per heavy atom. The molecule has 0 aliphatic heterocycles. The van der Waals surface area contributed by atoms with Crippen LogP contribution in [0, 0.1) is 17.8 Å². The maximum absolute atomic E-state index is 11.2. The van der Waals surface area contributed by atoms with Crippen LogP contribution in [0.4, 0.5) is 0 Å². The van der Waals surface area contributed by atoms with Gasteiger partial charge in [-0.15, -0.1) is 0 Å². The fraction of sp³-hybridized carbons (Fsp3) is 0.923. The summed E-state index contributed by atoms with van der Waals surface area (Å²) in [5.74, 6) is 0.958. The summed E-state index contributed by atoms with van der Waals surface area (Å²) in [6.45, 7) is 4.50. The van der Waals surface area contributed by atoms with Crippen molar-refractivity contribution in [2.24, 2.45) is 17.8 Å². The highest BCUT2D eigenvalue weighted by Crippen LogP contribution is 2.35. The molecule has 3 heteroatoms.